The molecule has 1 aromatic heterocycles. The molecule has 0 fully saturated rings. The van der Waals surface area contributed by atoms with Gasteiger partial charge in [-0.2, -0.15) is 0 Å². The maximum absolute atomic E-state index is 13.0. The van der Waals surface area contributed by atoms with Gasteiger partial charge in [0.15, 0.2) is 0 Å². The van der Waals surface area contributed by atoms with Crippen LogP contribution in [0.2, 0.25) is 0 Å². The molecule has 30 heavy (non-hydrogen) atoms. The molecule has 8 heteroatoms. The van der Waals surface area contributed by atoms with Gasteiger partial charge in [-0.25, -0.2) is 4.79 Å². The summed E-state index contributed by atoms with van der Waals surface area (Å²) in [5.41, 5.74) is -1.18. The van der Waals surface area contributed by atoms with E-state index >= 15 is 0 Å². The molecular weight excluding hydrogens is 384 g/mol. The molecule has 0 aliphatic rings. The van der Waals surface area contributed by atoms with Crippen LogP contribution in [-0.2, 0) is 6.54 Å². The highest BCUT2D eigenvalue weighted by molar-refractivity contribution is 6.11. The summed E-state index contributed by atoms with van der Waals surface area (Å²) in [4.78, 5) is 39.7. The molecule has 0 saturated heterocycles. The number of carbonyl (C=O) groups is 1. The van der Waals surface area contributed by atoms with Crippen molar-refractivity contribution in [2.75, 3.05) is 10.6 Å². The average molecular weight is 402 g/mol. The molecule has 1 amide bonds. The Morgan fingerprint density at radius 2 is 1.63 bits per heavy atom. The molecule has 0 spiro atoms. The van der Waals surface area contributed by atoms with E-state index in [9.17, 15) is 19.6 Å². The van der Waals surface area contributed by atoms with E-state index in [0.29, 0.717) is 5.69 Å². The summed E-state index contributed by atoms with van der Waals surface area (Å²) in [5, 5.41) is 17.0. The van der Waals surface area contributed by atoms with Crippen molar-refractivity contribution in [1.29, 1.82) is 0 Å². The van der Waals surface area contributed by atoms with Gasteiger partial charge in [-0.1, -0.05) is 71.5 Å². The largest absolute Gasteiger partial charge is 0.421 e. The van der Waals surface area contributed by atoms with E-state index in [1.165, 1.54) is 0 Å². The fraction of sp³-hybridized carbons (Fsp3) is 0.0455. The van der Waals surface area contributed by atoms with Crippen molar-refractivity contribution in [3.63, 3.8) is 0 Å². The molecule has 150 valence electrons. The van der Waals surface area contributed by atoms with Gasteiger partial charge in [-0.05, 0) is 17.0 Å². The third-order valence-corrected chi connectivity index (χ3v) is 4.66. The lowest BCUT2D eigenvalue weighted by atomic mass is 10.1. The number of H-pyrrole nitrogens is 1. The number of anilines is 2. The van der Waals surface area contributed by atoms with Crippen LogP contribution >= 0.6 is 0 Å². The van der Waals surface area contributed by atoms with E-state index < -0.39 is 22.7 Å². The van der Waals surface area contributed by atoms with Crippen molar-refractivity contribution in [2.24, 2.45) is 0 Å². The second-order valence-corrected chi connectivity index (χ2v) is 6.62. The monoisotopic (exact) mass is 402 g/mol. The lowest BCUT2D eigenvalue weighted by Crippen LogP contribution is -2.39. The van der Waals surface area contributed by atoms with Crippen molar-refractivity contribution in [3.05, 3.63) is 105 Å². The molecule has 0 aliphatic heterocycles. The Morgan fingerprint density at radius 1 is 0.933 bits per heavy atom. The summed E-state index contributed by atoms with van der Waals surface area (Å²) in [7, 11) is 0. The molecule has 8 nitrogen and oxygen atoms in total. The molecule has 0 atom stereocenters. The minimum absolute atomic E-state index is 0.0723. The molecule has 4 N–H and O–H groups in total. The quantitative estimate of drug-likeness (QED) is 0.383. The maximum Gasteiger partial charge on any atom is 0.363 e. The van der Waals surface area contributed by atoms with E-state index in [1.54, 1.807) is 12.1 Å². The summed E-state index contributed by atoms with van der Waals surface area (Å²) in [5.74, 6) is -0.831. The topological polar surface area (TPSA) is 116 Å². The van der Waals surface area contributed by atoms with E-state index in [4.69, 9.17) is 0 Å². The van der Waals surface area contributed by atoms with Gasteiger partial charge in [-0.15, -0.1) is 0 Å². The lowest BCUT2D eigenvalue weighted by Gasteiger charge is -2.13. The predicted octanol–water partition coefficient (Wildman–Crippen LogP) is 2.79. The molecule has 4 rings (SSSR count). The standard InChI is InChI=1S/C22H18N4O4/c27-20(24-17-12-6-10-15-9-4-5-11-16(15)17)18-19(25-22(29)26(30)21(18)28)23-13-14-7-2-1-3-8-14/h1-12,23,30H,13H2,(H,24,27)(H,25,29). The number of aromatic nitrogens is 2. The van der Waals surface area contributed by atoms with Gasteiger partial charge in [0.05, 0.1) is 0 Å². The first-order valence-electron chi connectivity index (χ1n) is 9.20. The van der Waals surface area contributed by atoms with Gasteiger partial charge >= 0.3 is 11.2 Å². The second kappa shape index (κ2) is 7.96. The summed E-state index contributed by atoms with van der Waals surface area (Å²) in [6.07, 6.45) is 0. The lowest BCUT2D eigenvalue weighted by molar-refractivity contribution is 0.101. The Morgan fingerprint density at radius 3 is 2.43 bits per heavy atom. The molecular formula is C22H18N4O4. The van der Waals surface area contributed by atoms with E-state index in [0.717, 1.165) is 16.3 Å². The zero-order valence-electron chi connectivity index (χ0n) is 15.8. The zero-order valence-corrected chi connectivity index (χ0v) is 15.8. The second-order valence-electron chi connectivity index (χ2n) is 6.62. The van der Waals surface area contributed by atoms with Crippen LogP contribution in [0.1, 0.15) is 15.9 Å². The fourth-order valence-electron chi connectivity index (χ4n) is 3.18. The van der Waals surface area contributed by atoms with Gasteiger partial charge in [0.1, 0.15) is 11.4 Å². The summed E-state index contributed by atoms with van der Waals surface area (Å²) < 4.78 is -0.119. The Hall–Kier alpha value is -4.33. The SMILES string of the molecule is O=C(Nc1cccc2ccccc12)c1c(NCc2ccccc2)[nH]c(=O)n(O)c1=O. The van der Waals surface area contributed by atoms with E-state index in [2.05, 4.69) is 15.6 Å². The van der Waals surface area contributed by atoms with E-state index in [-0.39, 0.29) is 17.1 Å². The molecule has 0 radical (unpaired) electrons. The number of nitrogens with one attached hydrogen (secondary N) is 3. The van der Waals surface area contributed by atoms with Crippen LogP contribution in [0.25, 0.3) is 10.8 Å². The van der Waals surface area contributed by atoms with Crippen LogP contribution < -0.4 is 21.9 Å². The molecule has 0 bridgehead atoms. The van der Waals surface area contributed by atoms with Crippen LogP contribution in [0.4, 0.5) is 11.5 Å². The van der Waals surface area contributed by atoms with Crippen molar-refractivity contribution >= 4 is 28.2 Å². The molecule has 4 aromatic rings. The van der Waals surface area contributed by atoms with Crippen LogP contribution in [0, 0.1) is 0 Å². The van der Waals surface area contributed by atoms with Crippen LogP contribution in [0.15, 0.2) is 82.4 Å². The Labute approximate surface area is 170 Å². The Bertz CT molecular complexity index is 1340. The fourth-order valence-corrected chi connectivity index (χ4v) is 3.18. The van der Waals surface area contributed by atoms with Crippen LogP contribution in [-0.4, -0.2) is 20.8 Å². The maximum atomic E-state index is 13.0. The predicted molar refractivity (Wildman–Crippen MR) is 114 cm³/mol. The Kier molecular flexibility index (Phi) is 5.04. The normalized spacial score (nSPS) is 10.7. The van der Waals surface area contributed by atoms with Crippen LogP contribution in [0.5, 0.6) is 0 Å². The van der Waals surface area contributed by atoms with Crippen molar-refractivity contribution in [3.8, 4) is 0 Å². The highest BCUT2D eigenvalue weighted by Gasteiger charge is 2.21. The van der Waals surface area contributed by atoms with Crippen molar-refractivity contribution in [2.45, 2.75) is 6.54 Å². The van der Waals surface area contributed by atoms with Gasteiger partial charge in [0, 0.05) is 17.6 Å². The van der Waals surface area contributed by atoms with Gasteiger partial charge in [0.2, 0.25) is 0 Å². The van der Waals surface area contributed by atoms with E-state index in [1.807, 2.05) is 60.7 Å². The number of amides is 1. The number of nitrogens with zero attached hydrogens (tertiary/aromatic N) is 1. The summed E-state index contributed by atoms with van der Waals surface area (Å²) in [6.45, 7) is 0.264. The minimum Gasteiger partial charge on any atom is -0.421 e. The highest BCUT2D eigenvalue weighted by Crippen LogP contribution is 2.23. The first-order chi connectivity index (χ1) is 14.5. The molecule has 0 saturated carbocycles. The number of benzene rings is 3. The first kappa shape index (κ1) is 19.0. The van der Waals surface area contributed by atoms with Crippen LogP contribution in [0.3, 0.4) is 0 Å². The highest BCUT2D eigenvalue weighted by atomic mass is 16.5. The number of hydrogen-bond donors (Lipinski definition) is 4. The number of fused-ring (bicyclic) bond motifs is 1. The van der Waals surface area contributed by atoms with Gasteiger partial charge in [0.25, 0.3) is 5.91 Å². The third kappa shape index (κ3) is 3.66. The van der Waals surface area contributed by atoms with Crippen molar-refractivity contribution < 1.29 is 10.0 Å². The molecule has 1 heterocycles. The van der Waals surface area contributed by atoms with Crippen molar-refractivity contribution in [1.82, 2.24) is 9.71 Å². The van der Waals surface area contributed by atoms with Gasteiger partial charge < -0.3 is 15.8 Å². The number of hydrogen-bond acceptors (Lipinski definition) is 5. The number of carbonyl (C=O) groups excluding carboxylic acids is 1. The molecule has 0 aliphatic carbocycles. The van der Waals surface area contributed by atoms with Gasteiger partial charge in [-0.3, -0.25) is 14.6 Å². The summed E-state index contributed by atoms with van der Waals surface area (Å²) >= 11 is 0. The number of rotatable bonds is 5. The third-order valence-electron chi connectivity index (χ3n) is 4.66. The minimum atomic E-state index is -1.12. The first-order valence-corrected chi connectivity index (χ1v) is 9.20. The smallest absolute Gasteiger partial charge is 0.363 e. The molecule has 0 unspecified atom stereocenters. The average Bonchev–Trinajstić information content (AvgIpc) is 2.77. The Balaban J connectivity index is 1.71. The summed E-state index contributed by atoms with van der Waals surface area (Å²) in [6, 6.07) is 22.1. The number of aromatic amines is 1. The zero-order chi connectivity index (χ0) is 21.1. The molecule has 3 aromatic carbocycles.